The van der Waals surface area contributed by atoms with Gasteiger partial charge in [0.2, 0.25) is 0 Å². The van der Waals surface area contributed by atoms with Crippen molar-refractivity contribution in [2.24, 2.45) is 11.7 Å². The number of amides is 3. The first-order chi connectivity index (χ1) is 14.2. The third kappa shape index (κ3) is 4.27. The SMILES string of the molecule is C[C@H]1CC[C@H](c2cc(F)c(F)c(F)c2)N(C(=O)C(=O)Nc2ncccc2C(N)=O)C1. The smallest absolute Gasteiger partial charge is 0.315 e. The first-order valence-corrected chi connectivity index (χ1v) is 9.20. The average Bonchev–Trinajstić information content (AvgIpc) is 2.71. The van der Waals surface area contributed by atoms with Gasteiger partial charge in [-0.05, 0) is 48.6 Å². The molecule has 1 fully saturated rings. The highest BCUT2D eigenvalue weighted by molar-refractivity contribution is 6.39. The number of halogens is 3. The number of benzene rings is 1. The lowest BCUT2D eigenvalue weighted by molar-refractivity contribution is -0.146. The molecule has 30 heavy (non-hydrogen) atoms. The molecule has 2 heterocycles. The van der Waals surface area contributed by atoms with Gasteiger partial charge in [-0.15, -0.1) is 0 Å². The summed E-state index contributed by atoms with van der Waals surface area (Å²) >= 11 is 0. The standard InChI is InChI=1S/C20H19F3N4O3/c1-10-4-5-15(11-7-13(21)16(23)14(22)8-11)27(9-10)20(30)19(29)26-18-12(17(24)28)3-2-6-25-18/h2-3,6-8,10,15H,4-5,9H2,1H3,(H2,24,28)(H,25,26,29)/t10-,15+/m0/s1. The number of nitrogens with one attached hydrogen (secondary N) is 1. The van der Waals surface area contributed by atoms with Gasteiger partial charge in [0, 0.05) is 12.7 Å². The molecule has 3 N–H and O–H groups in total. The Balaban J connectivity index is 1.88. The van der Waals surface area contributed by atoms with Crippen LogP contribution in [0, 0.1) is 23.4 Å². The Kier molecular flexibility index (Phi) is 6.04. The number of hydrogen-bond donors (Lipinski definition) is 2. The molecule has 0 spiro atoms. The zero-order valence-electron chi connectivity index (χ0n) is 16.0. The summed E-state index contributed by atoms with van der Waals surface area (Å²) < 4.78 is 40.8. The van der Waals surface area contributed by atoms with Crippen molar-refractivity contribution in [1.29, 1.82) is 0 Å². The number of anilines is 1. The van der Waals surface area contributed by atoms with Crippen LogP contribution in [0.25, 0.3) is 0 Å². The molecule has 0 saturated carbocycles. The van der Waals surface area contributed by atoms with Crippen LogP contribution in [-0.2, 0) is 9.59 Å². The Bertz CT molecular complexity index is 992. The number of aromatic nitrogens is 1. The van der Waals surface area contributed by atoms with Gasteiger partial charge in [0.05, 0.1) is 11.6 Å². The van der Waals surface area contributed by atoms with Crippen molar-refractivity contribution in [2.45, 2.75) is 25.8 Å². The van der Waals surface area contributed by atoms with Crippen LogP contribution < -0.4 is 11.1 Å². The molecule has 10 heteroatoms. The number of carbonyl (C=O) groups excluding carboxylic acids is 3. The van der Waals surface area contributed by atoms with Crippen LogP contribution in [0.4, 0.5) is 19.0 Å². The first kappa shape index (κ1) is 21.3. The Morgan fingerprint density at radius 2 is 1.83 bits per heavy atom. The van der Waals surface area contributed by atoms with Gasteiger partial charge < -0.3 is 16.0 Å². The molecule has 2 atom stereocenters. The number of carbonyl (C=O) groups is 3. The molecule has 1 saturated heterocycles. The van der Waals surface area contributed by atoms with E-state index in [1.165, 1.54) is 23.2 Å². The predicted octanol–water partition coefficient (Wildman–Crippen LogP) is 2.54. The maximum Gasteiger partial charge on any atom is 0.315 e. The van der Waals surface area contributed by atoms with Crippen LogP contribution in [0.5, 0.6) is 0 Å². The Morgan fingerprint density at radius 3 is 2.47 bits per heavy atom. The topological polar surface area (TPSA) is 105 Å². The summed E-state index contributed by atoms with van der Waals surface area (Å²) in [4.78, 5) is 41.9. The number of hydrogen-bond acceptors (Lipinski definition) is 4. The van der Waals surface area contributed by atoms with E-state index in [9.17, 15) is 27.6 Å². The highest BCUT2D eigenvalue weighted by Gasteiger charge is 2.35. The van der Waals surface area contributed by atoms with Crippen molar-refractivity contribution in [3.63, 3.8) is 0 Å². The van der Waals surface area contributed by atoms with Crippen molar-refractivity contribution in [3.05, 3.63) is 59.0 Å². The van der Waals surface area contributed by atoms with Crippen LogP contribution in [0.1, 0.15) is 41.7 Å². The molecule has 0 bridgehead atoms. The van der Waals surface area contributed by atoms with Gasteiger partial charge >= 0.3 is 11.8 Å². The molecule has 3 amide bonds. The van der Waals surface area contributed by atoms with Crippen molar-refractivity contribution < 1.29 is 27.6 Å². The largest absolute Gasteiger partial charge is 0.365 e. The molecular weight excluding hydrogens is 401 g/mol. The fraction of sp³-hybridized carbons (Fsp3) is 0.300. The summed E-state index contributed by atoms with van der Waals surface area (Å²) in [5.74, 6) is -7.40. The number of nitrogens with zero attached hydrogens (tertiary/aromatic N) is 2. The van der Waals surface area contributed by atoms with Gasteiger partial charge in [0.25, 0.3) is 5.91 Å². The highest BCUT2D eigenvalue weighted by atomic mass is 19.2. The van der Waals surface area contributed by atoms with E-state index in [2.05, 4.69) is 10.3 Å². The fourth-order valence-electron chi connectivity index (χ4n) is 3.49. The maximum absolute atomic E-state index is 13.7. The highest BCUT2D eigenvalue weighted by Crippen LogP contribution is 2.34. The minimum absolute atomic E-state index is 0.0316. The average molecular weight is 420 g/mol. The molecule has 1 aromatic carbocycles. The monoisotopic (exact) mass is 420 g/mol. The van der Waals surface area contributed by atoms with E-state index < -0.39 is 41.2 Å². The molecule has 1 aromatic heterocycles. The minimum Gasteiger partial charge on any atom is -0.365 e. The number of pyridine rings is 1. The second kappa shape index (κ2) is 8.52. The number of rotatable bonds is 3. The number of primary amides is 1. The zero-order chi connectivity index (χ0) is 22.0. The summed E-state index contributed by atoms with van der Waals surface area (Å²) in [5, 5.41) is 2.26. The summed E-state index contributed by atoms with van der Waals surface area (Å²) in [6.07, 6.45) is 2.28. The lowest BCUT2D eigenvalue weighted by Crippen LogP contribution is -2.46. The van der Waals surface area contributed by atoms with E-state index >= 15 is 0 Å². The molecular formula is C20H19F3N4O3. The first-order valence-electron chi connectivity index (χ1n) is 9.20. The van der Waals surface area contributed by atoms with Crippen molar-refractivity contribution >= 4 is 23.5 Å². The lowest BCUT2D eigenvalue weighted by atomic mass is 9.89. The molecule has 0 unspecified atom stereocenters. The molecule has 0 radical (unpaired) electrons. The van der Waals surface area contributed by atoms with E-state index in [0.717, 1.165) is 12.1 Å². The molecule has 7 nitrogen and oxygen atoms in total. The second-order valence-corrected chi connectivity index (χ2v) is 7.17. The molecule has 1 aliphatic heterocycles. The third-order valence-corrected chi connectivity index (χ3v) is 4.97. The van der Waals surface area contributed by atoms with Crippen LogP contribution in [0.15, 0.2) is 30.5 Å². The molecule has 0 aliphatic carbocycles. The van der Waals surface area contributed by atoms with E-state index in [1.807, 2.05) is 6.92 Å². The molecule has 3 rings (SSSR count). The fourth-order valence-corrected chi connectivity index (χ4v) is 3.49. The summed E-state index contributed by atoms with van der Waals surface area (Å²) in [7, 11) is 0. The number of likely N-dealkylation sites (tertiary alicyclic amines) is 1. The quantitative estimate of drug-likeness (QED) is 0.588. The number of piperidine rings is 1. The normalized spacial score (nSPS) is 18.7. The van der Waals surface area contributed by atoms with Gasteiger partial charge in [-0.2, -0.15) is 0 Å². The van der Waals surface area contributed by atoms with Gasteiger partial charge in [-0.3, -0.25) is 14.4 Å². The van der Waals surface area contributed by atoms with E-state index in [1.54, 1.807) is 0 Å². The Labute approximate surface area is 170 Å². The zero-order valence-corrected chi connectivity index (χ0v) is 16.0. The Morgan fingerprint density at radius 1 is 1.17 bits per heavy atom. The minimum atomic E-state index is -1.60. The van der Waals surface area contributed by atoms with Crippen LogP contribution in [0.3, 0.4) is 0 Å². The van der Waals surface area contributed by atoms with Gasteiger partial charge in [0.1, 0.15) is 5.82 Å². The summed E-state index contributed by atoms with van der Waals surface area (Å²) in [6.45, 7) is 2.02. The maximum atomic E-state index is 13.7. The lowest BCUT2D eigenvalue weighted by Gasteiger charge is -2.38. The second-order valence-electron chi connectivity index (χ2n) is 7.17. The van der Waals surface area contributed by atoms with E-state index in [-0.39, 0.29) is 29.4 Å². The van der Waals surface area contributed by atoms with Crippen LogP contribution in [-0.4, -0.2) is 34.2 Å². The van der Waals surface area contributed by atoms with Crippen molar-refractivity contribution in [3.8, 4) is 0 Å². The molecule has 1 aliphatic rings. The predicted molar refractivity (Wildman–Crippen MR) is 101 cm³/mol. The Hall–Kier alpha value is -3.43. The van der Waals surface area contributed by atoms with E-state index in [0.29, 0.717) is 12.8 Å². The third-order valence-electron chi connectivity index (χ3n) is 4.97. The van der Waals surface area contributed by atoms with Gasteiger partial charge in [-0.1, -0.05) is 6.92 Å². The summed E-state index contributed by atoms with van der Waals surface area (Å²) in [5.41, 5.74) is 5.21. The van der Waals surface area contributed by atoms with Gasteiger partial charge in [0.15, 0.2) is 17.5 Å². The van der Waals surface area contributed by atoms with Crippen LogP contribution >= 0.6 is 0 Å². The summed E-state index contributed by atoms with van der Waals surface area (Å²) in [6, 6.07) is 3.61. The van der Waals surface area contributed by atoms with Gasteiger partial charge in [-0.25, -0.2) is 18.2 Å². The van der Waals surface area contributed by atoms with Crippen molar-refractivity contribution in [1.82, 2.24) is 9.88 Å². The van der Waals surface area contributed by atoms with Crippen LogP contribution in [0.2, 0.25) is 0 Å². The molecule has 158 valence electrons. The van der Waals surface area contributed by atoms with Crippen molar-refractivity contribution in [2.75, 3.05) is 11.9 Å². The van der Waals surface area contributed by atoms with E-state index in [4.69, 9.17) is 5.73 Å². The molecule has 2 aromatic rings. The number of nitrogens with two attached hydrogens (primary N) is 1.